The maximum atomic E-state index is 12.0. The minimum absolute atomic E-state index is 0.0142. The molecule has 2 aliphatic heterocycles. The number of carbonyl (C=O) groups excluding carboxylic acids is 1. The third kappa shape index (κ3) is 2.26. The fourth-order valence-electron chi connectivity index (χ4n) is 2.70. The first kappa shape index (κ1) is 12.3. The molecule has 5 heteroatoms. The van der Waals surface area contributed by atoms with Crippen molar-refractivity contribution in [1.82, 2.24) is 5.32 Å². The second-order valence-electron chi connectivity index (χ2n) is 4.78. The first-order valence-corrected chi connectivity index (χ1v) is 6.73. The number of rotatable bonds is 3. The molecule has 1 N–H and O–H groups in total. The fourth-order valence-corrected chi connectivity index (χ4v) is 2.70. The number of anilines is 1. The van der Waals surface area contributed by atoms with Crippen molar-refractivity contribution >= 4 is 11.8 Å². The number of amides is 1. The van der Waals surface area contributed by atoms with E-state index in [9.17, 15) is 4.79 Å². The third-order valence-electron chi connectivity index (χ3n) is 3.59. The van der Waals surface area contributed by atoms with Gasteiger partial charge in [-0.2, -0.15) is 0 Å². The molecule has 2 fully saturated rings. The van der Waals surface area contributed by atoms with Gasteiger partial charge in [-0.1, -0.05) is 0 Å². The summed E-state index contributed by atoms with van der Waals surface area (Å²) in [5.41, 5.74) is 0.865. The Morgan fingerprint density at radius 3 is 2.95 bits per heavy atom. The van der Waals surface area contributed by atoms with E-state index in [2.05, 4.69) is 5.32 Å². The molecule has 0 aliphatic carbocycles. The maximum Gasteiger partial charge on any atom is 0.415 e. The Labute approximate surface area is 112 Å². The Morgan fingerprint density at radius 1 is 1.42 bits per heavy atom. The molecular formula is C14H18N2O3. The van der Waals surface area contributed by atoms with Crippen molar-refractivity contribution in [2.45, 2.75) is 25.5 Å². The molecule has 2 heterocycles. The van der Waals surface area contributed by atoms with Crippen LogP contribution >= 0.6 is 0 Å². The highest BCUT2D eigenvalue weighted by Crippen LogP contribution is 2.30. The van der Waals surface area contributed by atoms with E-state index < -0.39 is 0 Å². The molecule has 2 aliphatic rings. The lowest BCUT2D eigenvalue weighted by Gasteiger charge is -2.28. The van der Waals surface area contributed by atoms with Crippen molar-refractivity contribution in [1.29, 1.82) is 0 Å². The van der Waals surface area contributed by atoms with Crippen molar-refractivity contribution in [3.05, 3.63) is 24.3 Å². The Bertz CT molecular complexity index is 460. The molecule has 3 rings (SSSR count). The van der Waals surface area contributed by atoms with Crippen molar-refractivity contribution in [2.24, 2.45) is 0 Å². The van der Waals surface area contributed by atoms with Gasteiger partial charge >= 0.3 is 6.09 Å². The topological polar surface area (TPSA) is 50.8 Å². The molecule has 2 atom stereocenters. The highest BCUT2D eigenvalue weighted by Gasteiger charge is 2.43. The summed E-state index contributed by atoms with van der Waals surface area (Å²) in [6.07, 6.45) is 0.646. The first-order valence-electron chi connectivity index (χ1n) is 6.73. The standard InChI is InChI=1S/C14H18N2O3/c1-2-18-11-5-3-10(4-6-11)16-12-9-15-8-7-13(12)19-14(16)17/h3-6,12-13,15H,2,7-9H2,1H3. The van der Waals surface area contributed by atoms with Crippen LogP contribution in [0.4, 0.5) is 10.5 Å². The Morgan fingerprint density at radius 2 is 2.21 bits per heavy atom. The Hall–Kier alpha value is -1.75. The van der Waals surface area contributed by atoms with Crippen molar-refractivity contribution < 1.29 is 14.3 Å². The number of hydrogen-bond acceptors (Lipinski definition) is 4. The molecule has 1 amide bonds. The van der Waals surface area contributed by atoms with Crippen LogP contribution in [-0.4, -0.2) is 37.9 Å². The van der Waals surface area contributed by atoms with Crippen LogP contribution in [0.15, 0.2) is 24.3 Å². The van der Waals surface area contributed by atoms with Crippen LogP contribution in [0.1, 0.15) is 13.3 Å². The minimum atomic E-state index is -0.247. The van der Waals surface area contributed by atoms with Crippen LogP contribution in [0.25, 0.3) is 0 Å². The highest BCUT2D eigenvalue weighted by molar-refractivity contribution is 5.90. The van der Waals surface area contributed by atoms with E-state index in [1.54, 1.807) is 4.90 Å². The summed E-state index contributed by atoms with van der Waals surface area (Å²) in [6, 6.07) is 7.68. The first-order chi connectivity index (χ1) is 9.29. The molecular weight excluding hydrogens is 244 g/mol. The summed E-state index contributed by atoms with van der Waals surface area (Å²) in [5, 5.41) is 3.31. The number of piperidine rings is 1. The van der Waals surface area contributed by atoms with Crippen LogP contribution in [0.2, 0.25) is 0 Å². The number of ether oxygens (including phenoxy) is 2. The van der Waals surface area contributed by atoms with Crippen molar-refractivity contribution in [3.63, 3.8) is 0 Å². The molecule has 0 saturated carbocycles. The largest absolute Gasteiger partial charge is 0.494 e. The number of nitrogens with zero attached hydrogens (tertiary/aromatic N) is 1. The smallest absolute Gasteiger partial charge is 0.415 e. The lowest BCUT2D eigenvalue weighted by Crippen LogP contribution is -2.49. The van der Waals surface area contributed by atoms with Gasteiger partial charge in [0, 0.05) is 12.2 Å². The van der Waals surface area contributed by atoms with Crippen molar-refractivity contribution in [2.75, 3.05) is 24.6 Å². The van der Waals surface area contributed by atoms with Gasteiger partial charge in [-0.3, -0.25) is 4.90 Å². The van der Waals surface area contributed by atoms with E-state index in [-0.39, 0.29) is 18.2 Å². The summed E-state index contributed by atoms with van der Waals surface area (Å²) < 4.78 is 10.8. The van der Waals surface area contributed by atoms with Crippen LogP contribution in [0, 0.1) is 0 Å². The summed E-state index contributed by atoms with van der Waals surface area (Å²) in [6.45, 7) is 4.28. The molecule has 0 radical (unpaired) electrons. The van der Waals surface area contributed by atoms with E-state index in [1.807, 2.05) is 31.2 Å². The predicted octanol–water partition coefficient (Wildman–Crippen LogP) is 1.77. The predicted molar refractivity (Wildman–Crippen MR) is 71.6 cm³/mol. The average Bonchev–Trinajstić information content (AvgIpc) is 2.76. The van der Waals surface area contributed by atoms with Crippen LogP contribution < -0.4 is 15.0 Å². The van der Waals surface area contributed by atoms with Gasteiger partial charge in [0.2, 0.25) is 0 Å². The van der Waals surface area contributed by atoms with Gasteiger partial charge in [-0.05, 0) is 44.2 Å². The monoisotopic (exact) mass is 262 g/mol. The number of nitrogens with one attached hydrogen (secondary N) is 1. The van der Waals surface area contributed by atoms with E-state index >= 15 is 0 Å². The lowest BCUT2D eigenvalue weighted by atomic mass is 10.0. The minimum Gasteiger partial charge on any atom is -0.494 e. The summed E-state index contributed by atoms with van der Waals surface area (Å²) in [5.74, 6) is 0.817. The molecule has 19 heavy (non-hydrogen) atoms. The van der Waals surface area contributed by atoms with Gasteiger partial charge < -0.3 is 14.8 Å². The van der Waals surface area contributed by atoms with Gasteiger partial charge in [0.1, 0.15) is 11.9 Å². The van der Waals surface area contributed by atoms with Gasteiger partial charge in [-0.25, -0.2) is 4.79 Å². The number of benzene rings is 1. The zero-order valence-corrected chi connectivity index (χ0v) is 11.0. The normalized spacial score (nSPS) is 25.9. The van der Waals surface area contributed by atoms with Gasteiger partial charge in [0.25, 0.3) is 0 Å². The maximum absolute atomic E-state index is 12.0. The van der Waals surface area contributed by atoms with E-state index in [1.165, 1.54) is 0 Å². The quantitative estimate of drug-likeness (QED) is 0.902. The SMILES string of the molecule is CCOc1ccc(N2C(=O)OC3CCNCC32)cc1. The number of hydrogen-bond donors (Lipinski definition) is 1. The molecule has 5 nitrogen and oxygen atoms in total. The number of fused-ring (bicyclic) bond motifs is 1. The molecule has 1 aromatic rings. The molecule has 0 spiro atoms. The second kappa shape index (κ2) is 5.09. The van der Waals surface area contributed by atoms with Crippen LogP contribution in [0.5, 0.6) is 5.75 Å². The zero-order valence-electron chi connectivity index (χ0n) is 11.0. The van der Waals surface area contributed by atoms with Crippen molar-refractivity contribution in [3.8, 4) is 5.75 Å². The summed E-state index contributed by atoms with van der Waals surface area (Å²) in [4.78, 5) is 13.7. The third-order valence-corrected chi connectivity index (χ3v) is 3.59. The summed E-state index contributed by atoms with van der Waals surface area (Å²) >= 11 is 0. The molecule has 2 saturated heterocycles. The van der Waals surface area contributed by atoms with Gasteiger partial charge in [0.15, 0.2) is 0 Å². The second-order valence-corrected chi connectivity index (χ2v) is 4.78. The van der Waals surface area contributed by atoms with Crippen LogP contribution in [0.3, 0.4) is 0 Å². The Balaban J connectivity index is 1.82. The lowest BCUT2D eigenvalue weighted by molar-refractivity contribution is 0.117. The Kier molecular flexibility index (Phi) is 3.29. The number of carbonyl (C=O) groups is 1. The van der Waals surface area contributed by atoms with E-state index in [0.29, 0.717) is 6.61 Å². The summed E-state index contributed by atoms with van der Waals surface area (Å²) in [7, 11) is 0. The average molecular weight is 262 g/mol. The van der Waals surface area contributed by atoms with Gasteiger partial charge in [-0.15, -0.1) is 0 Å². The molecule has 1 aromatic carbocycles. The highest BCUT2D eigenvalue weighted by atomic mass is 16.6. The van der Waals surface area contributed by atoms with E-state index in [0.717, 1.165) is 30.9 Å². The van der Waals surface area contributed by atoms with Gasteiger partial charge in [0.05, 0.1) is 12.6 Å². The molecule has 0 bridgehead atoms. The molecule has 2 unspecified atom stereocenters. The zero-order chi connectivity index (χ0) is 13.2. The van der Waals surface area contributed by atoms with E-state index in [4.69, 9.17) is 9.47 Å². The van der Waals surface area contributed by atoms with Crippen LogP contribution in [-0.2, 0) is 4.74 Å². The molecule has 0 aromatic heterocycles. The fraction of sp³-hybridized carbons (Fsp3) is 0.500. The molecule has 102 valence electrons.